The van der Waals surface area contributed by atoms with Gasteiger partial charge >= 0.3 is 0 Å². The van der Waals surface area contributed by atoms with E-state index in [1.807, 2.05) is 36.4 Å². The highest BCUT2D eigenvalue weighted by atomic mass is 35.5. The van der Waals surface area contributed by atoms with Crippen molar-refractivity contribution in [3.05, 3.63) is 71.8 Å². The number of alkyl halides is 2. The van der Waals surface area contributed by atoms with E-state index in [0.717, 1.165) is 6.42 Å². The second kappa shape index (κ2) is 3.76. The van der Waals surface area contributed by atoms with Gasteiger partial charge in [-0.3, -0.25) is 0 Å². The molecule has 2 aromatic carbocycles. The molecule has 2 aromatic rings. The largest absolute Gasteiger partial charge is 0.133 e. The van der Waals surface area contributed by atoms with Crippen LogP contribution in [0, 0.1) is 0 Å². The number of hydrogen-bond donors (Lipinski definition) is 0. The van der Waals surface area contributed by atoms with Crippen molar-refractivity contribution in [2.45, 2.75) is 16.2 Å². The number of hydrogen-bond acceptors (Lipinski definition) is 0. The fourth-order valence-corrected chi connectivity index (χ4v) is 3.36. The van der Waals surface area contributed by atoms with Crippen LogP contribution in [-0.4, -0.2) is 4.33 Å². The van der Waals surface area contributed by atoms with Gasteiger partial charge in [-0.15, -0.1) is 23.2 Å². The zero-order valence-electron chi connectivity index (χ0n) is 9.24. The van der Waals surface area contributed by atoms with Gasteiger partial charge in [-0.2, -0.15) is 0 Å². The molecule has 86 valence electrons. The first-order chi connectivity index (χ1) is 8.17. The molecule has 0 nitrogen and oxygen atoms in total. The van der Waals surface area contributed by atoms with Crippen LogP contribution in [-0.2, 0) is 5.41 Å². The van der Waals surface area contributed by atoms with Crippen molar-refractivity contribution in [1.29, 1.82) is 0 Å². The monoisotopic (exact) mass is 262 g/mol. The molecule has 0 spiro atoms. The molecule has 17 heavy (non-hydrogen) atoms. The summed E-state index contributed by atoms with van der Waals surface area (Å²) >= 11 is 12.8. The molecule has 1 aliphatic rings. The van der Waals surface area contributed by atoms with Crippen molar-refractivity contribution in [1.82, 2.24) is 0 Å². The van der Waals surface area contributed by atoms with E-state index in [1.54, 1.807) is 0 Å². The van der Waals surface area contributed by atoms with Gasteiger partial charge < -0.3 is 0 Å². The molecule has 1 aliphatic carbocycles. The van der Waals surface area contributed by atoms with Crippen LogP contribution >= 0.6 is 23.2 Å². The van der Waals surface area contributed by atoms with Crippen LogP contribution in [0.4, 0.5) is 0 Å². The SMILES string of the molecule is ClC1(Cl)CC1(c1ccccc1)c1ccccc1. The zero-order valence-corrected chi connectivity index (χ0v) is 10.7. The van der Waals surface area contributed by atoms with Crippen LogP contribution in [0.2, 0.25) is 0 Å². The normalized spacial score (nSPS) is 19.9. The average molecular weight is 263 g/mol. The minimum Gasteiger partial charge on any atom is -0.100 e. The highest BCUT2D eigenvalue weighted by Crippen LogP contribution is 2.67. The summed E-state index contributed by atoms with van der Waals surface area (Å²) in [7, 11) is 0. The Morgan fingerprint density at radius 3 is 1.35 bits per heavy atom. The van der Waals surface area contributed by atoms with Crippen molar-refractivity contribution in [3.8, 4) is 0 Å². The summed E-state index contributed by atoms with van der Waals surface area (Å²) in [5.74, 6) is 0. The van der Waals surface area contributed by atoms with E-state index >= 15 is 0 Å². The summed E-state index contributed by atoms with van der Waals surface area (Å²) in [5.41, 5.74) is 2.14. The van der Waals surface area contributed by atoms with Crippen molar-refractivity contribution >= 4 is 23.2 Å². The van der Waals surface area contributed by atoms with Crippen molar-refractivity contribution in [2.75, 3.05) is 0 Å². The summed E-state index contributed by atoms with van der Waals surface area (Å²) in [6.45, 7) is 0. The third-order valence-corrected chi connectivity index (χ3v) is 4.43. The first kappa shape index (κ1) is 11.1. The molecule has 0 N–H and O–H groups in total. The van der Waals surface area contributed by atoms with E-state index in [9.17, 15) is 0 Å². The van der Waals surface area contributed by atoms with E-state index in [0.29, 0.717) is 0 Å². The molecule has 0 amide bonds. The summed E-state index contributed by atoms with van der Waals surface area (Å²) < 4.78 is -0.685. The Labute approximate surface area is 111 Å². The lowest BCUT2D eigenvalue weighted by Crippen LogP contribution is -2.16. The van der Waals surface area contributed by atoms with E-state index in [1.165, 1.54) is 11.1 Å². The standard InChI is InChI=1S/C15H12Cl2/c16-15(17)11-14(15,12-7-3-1-4-8-12)13-9-5-2-6-10-13/h1-10H,11H2. The second-order valence-electron chi connectivity index (χ2n) is 4.52. The smallest absolute Gasteiger partial charge is 0.100 e. The van der Waals surface area contributed by atoms with Gasteiger partial charge in [0.15, 0.2) is 0 Å². The summed E-state index contributed by atoms with van der Waals surface area (Å²) in [4.78, 5) is 0. The Bertz CT molecular complexity index is 478. The van der Waals surface area contributed by atoms with E-state index in [-0.39, 0.29) is 5.41 Å². The highest BCUT2D eigenvalue weighted by molar-refractivity contribution is 6.52. The molecular weight excluding hydrogens is 251 g/mol. The van der Waals surface area contributed by atoms with Gasteiger partial charge in [-0.25, -0.2) is 0 Å². The molecule has 0 saturated heterocycles. The molecule has 0 unspecified atom stereocenters. The molecule has 0 aliphatic heterocycles. The lowest BCUT2D eigenvalue weighted by Gasteiger charge is -2.19. The average Bonchev–Trinajstić information content (AvgIpc) is 2.96. The number of halogens is 2. The first-order valence-corrected chi connectivity index (χ1v) is 6.41. The van der Waals surface area contributed by atoms with Crippen LogP contribution in [0.5, 0.6) is 0 Å². The Hall–Kier alpha value is -0.980. The predicted molar refractivity (Wildman–Crippen MR) is 72.7 cm³/mol. The molecule has 2 heteroatoms. The van der Waals surface area contributed by atoms with Crippen LogP contribution in [0.1, 0.15) is 17.5 Å². The Morgan fingerprint density at radius 1 is 0.706 bits per heavy atom. The maximum Gasteiger partial charge on any atom is 0.133 e. The summed E-state index contributed by atoms with van der Waals surface area (Å²) in [6, 6.07) is 20.5. The molecule has 0 aromatic heterocycles. The molecule has 0 heterocycles. The Kier molecular flexibility index (Phi) is 2.46. The van der Waals surface area contributed by atoms with Gasteiger partial charge in [0.1, 0.15) is 4.33 Å². The Balaban J connectivity index is 2.15. The van der Waals surface area contributed by atoms with Gasteiger partial charge in [0, 0.05) is 0 Å². The van der Waals surface area contributed by atoms with Crippen LogP contribution in [0.3, 0.4) is 0 Å². The molecule has 3 rings (SSSR count). The van der Waals surface area contributed by atoms with Gasteiger partial charge in [-0.05, 0) is 17.5 Å². The maximum absolute atomic E-state index is 6.40. The predicted octanol–water partition coefficient (Wildman–Crippen LogP) is 4.55. The van der Waals surface area contributed by atoms with Gasteiger partial charge in [0.25, 0.3) is 0 Å². The summed E-state index contributed by atoms with van der Waals surface area (Å²) in [5, 5.41) is 0. The quantitative estimate of drug-likeness (QED) is 0.697. The topological polar surface area (TPSA) is 0 Å². The third-order valence-electron chi connectivity index (χ3n) is 3.52. The fraction of sp³-hybridized carbons (Fsp3) is 0.200. The summed E-state index contributed by atoms with van der Waals surface area (Å²) in [6.07, 6.45) is 0.775. The zero-order chi connectivity index (χ0) is 11.9. The lowest BCUT2D eigenvalue weighted by atomic mass is 9.88. The molecule has 1 fully saturated rings. The van der Waals surface area contributed by atoms with Gasteiger partial charge in [-0.1, -0.05) is 60.7 Å². The molecule has 0 bridgehead atoms. The first-order valence-electron chi connectivity index (χ1n) is 5.66. The van der Waals surface area contributed by atoms with Crippen LogP contribution in [0.15, 0.2) is 60.7 Å². The van der Waals surface area contributed by atoms with Gasteiger partial charge in [0.05, 0.1) is 5.41 Å². The third kappa shape index (κ3) is 1.59. The Morgan fingerprint density at radius 2 is 1.06 bits per heavy atom. The highest BCUT2D eigenvalue weighted by Gasteiger charge is 2.67. The maximum atomic E-state index is 6.40. The van der Waals surface area contributed by atoms with Gasteiger partial charge in [0.2, 0.25) is 0 Å². The molecule has 0 atom stereocenters. The number of rotatable bonds is 2. The second-order valence-corrected chi connectivity index (χ2v) is 6.00. The number of benzene rings is 2. The fourth-order valence-electron chi connectivity index (χ4n) is 2.53. The van der Waals surface area contributed by atoms with Crippen LogP contribution in [0.25, 0.3) is 0 Å². The lowest BCUT2D eigenvalue weighted by molar-refractivity contribution is 0.833. The van der Waals surface area contributed by atoms with E-state index < -0.39 is 4.33 Å². The molecule has 1 saturated carbocycles. The minimum atomic E-state index is -0.685. The minimum absolute atomic E-state index is 0.237. The van der Waals surface area contributed by atoms with Crippen molar-refractivity contribution < 1.29 is 0 Å². The van der Waals surface area contributed by atoms with E-state index in [4.69, 9.17) is 23.2 Å². The van der Waals surface area contributed by atoms with Crippen molar-refractivity contribution in [2.24, 2.45) is 0 Å². The van der Waals surface area contributed by atoms with Crippen LogP contribution < -0.4 is 0 Å². The van der Waals surface area contributed by atoms with Crippen molar-refractivity contribution in [3.63, 3.8) is 0 Å². The van der Waals surface area contributed by atoms with E-state index in [2.05, 4.69) is 24.3 Å². The molecular formula is C15H12Cl2. The molecule has 0 radical (unpaired) electrons.